The lowest BCUT2D eigenvalue weighted by Gasteiger charge is -2.20. The average molecular weight is 384 g/mol. The van der Waals surface area contributed by atoms with Crippen molar-refractivity contribution in [1.82, 2.24) is 0 Å². The Morgan fingerprint density at radius 3 is 2.41 bits per heavy atom. The molecule has 3 heteroatoms. The third kappa shape index (κ3) is 6.73. The lowest BCUT2D eigenvalue weighted by molar-refractivity contribution is 0.508. The molecule has 0 aliphatic rings. The Hall–Kier alpha value is -2.32. The van der Waals surface area contributed by atoms with E-state index in [1.165, 1.54) is 11.6 Å². The Morgan fingerprint density at radius 2 is 1.81 bits per heavy atom. The van der Waals surface area contributed by atoms with Crippen LogP contribution in [0.2, 0.25) is 5.02 Å². The van der Waals surface area contributed by atoms with Gasteiger partial charge in [-0.1, -0.05) is 60.5 Å². The summed E-state index contributed by atoms with van der Waals surface area (Å²) in [4.78, 5) is 0. The van der Waals surface area contributed by atoms with Gasteiger partial charge in [0, 0.05) is 16.8 Å². The molecule has 0 aromatic heterocycles. The van der Waals surface area contributed by atoms with Crippen molar-refractivity contribution in [2.24, 2.45) is 5.41 Å². The molecule has 142 valence electrons. The van der Waals surface area contributed by atoms with E-state index in [0.29, 0.717) is 5.69 Å². The van der Waals surface area contributed by atoms with Crippen molar-refractivity contribution in [1.29, 1.82) is 0 Å². The van der Waals surface area contributed by atoms with Crippen molar-refractivity contribution in [3.63, 3.8) is 0 Å². The molecule has 0 spiro atoms. The second-order valence-electron chi connectivity index (χ2n) is 7.24. The highest BCUT2D eigenvalue weighted by Gasteiger charge is 2.15. The van der Waals surface area contributed by atoms with E-state index in [4.69, 9.17) is 11.6 Å². The van der Waals surface area contributed by atoms with E-state index in [9.17, 15) is 4.39 Å². The van der Waals surface area contributed by atoms with Crippen LogP contribution in [-0.2, 0) is 0 Å². The van der Waals surface area contributed by atoms with Crippen LogP contribution < -0.4 is 5.32 Å². The quantitative estimate of drug-likeness (QED) is 0.453. The molecule has 0 radical (unpaired) electrons. The molecule has 1 atom stereocenters. The molecule has 0 heterocycles. The summed E-state index contributed by atoms with van der Waals surface area (Å²) >= 11 is 5.71. The third-order valence-electron chi connectivity index (χ3n) is 4.48. The topological polar surface area (TPSA) is 12.0 Å². The van der Waals surface area contributed by atoms with Crippen molar-refractivity contribution in [3.05, 3.63) is 89.2 Å². The monoisotopic (exact) mass is 383 g/mol. The highest BCUT2D eigenvalue weighted by atomic mass is 35.5. The van der Waals surface area contributed by atoms with Crippen LogP contribution in [0.4, 0.5) is 15.8 Å². The van der Waals surface area contributed by atoms with Gasteiger partial charge in [-0.3, -0.25) is 0 Å². The highest BCUT2D eigenvalue weighted by Crippen LogP contribution is 2.28. The second-order valence-corrected chi connectivity index (χ2v) is 7.65. The molecule has 0 fully saturated rings. The molecule has 0 saturated carbocycles. The lowest BCUT2D eigenvalue weighted by atomic mass is 9.84. The van der Waals surface area contributed by atoms with Crippen molar-refractivity contribution >= 4 is 29.1 Å². The summed E-state index contributed by atoms with van der Waals surface area (Å²) in [6, 6.07) is 12.7. The molecular formula is C24H27ClFN. The van der Waals surface area contributed by atoms with Crippen LogP contribution in [-0.4, -0.2) is 0 Å². The van der Waals surface area contributed by atoms with Gasteiger partial charge in [-0.15, -0.1) is 6.58 Å². The summed E-state index contributed by atoms with van der Waals surface area (Å²) in [5.41, 5.74) is 3.97. The fraction of sp³-hybridized carbons (Fsp3) is 0.250. The zero-order chi connectivity index (χ0) is 19.9. The van der Waals surface area contributed by atoms with Crippen LogP contribution >= 0.6 is 11.6 Å². The number of rotatable bonds is 8. The largest absolute Gasteiger partial charge is 0.355 e. The zero-order valence-corrected chi connectivity index (χ0v) is 17.0. The summed E-state index contributed by atoms with van der Waals surface area (Å²) in [5, 5.41) is 3.30. The van der Waals surface area contributed by atoms with E-state index < -0.39 is 5.82 Å². The molecule has 2 aromatic carbocycles. The Morgan fingerprint density at radius 1 is 1.15 bits per heavy atom. The Balaban J connectivity index is 2.03. The van der Waals surface area contributed by atoms with E-state index in [1.807, 2.05) is 30.3 Å². The fourth-order valence-corrected chi connectivity index (χ4v) is 2.75. The van der Waals surface area contributed by atoms with Gasteiger partial charge in [0.1, 0.15) is 5.82 Å². The summed E-state index contributed by atoms with van der Waals surface area (Å²) in [6.07, 6.45) is 10.7. The Kier molecular flexibility index (Phi) is 7.44. The number of hydrogen-bond donors (Lipinski definition) is 1. The van der Waals surface area contributed by atoms with Crippen molar-refractivity contribution < 1.29 is 4.39 Å². The molecule has 0 saturated heterocycles. The van der Waals surface area contributed by atoms with Gasteiger partial charge in [0.15, 0.2) is 0 Å². The molecule has 0 unspecified atom stereocenters. The molecule has 27 heavy (non-hydrogen) atoms. The number of benzene rings is 2. The molecule has 0 aliphatic heterocycles. The first-order valence-electron chi connectivity index (χ1n) is 9.10. The molecule has 0 aliphatic carbocycles. The van der Waals surface area contributed by atoms with Crippen LogP contribution in [0.3, 0.4) is 0 Å². The minimum Gasteiger partial charge on any atom is -0.355 e. The molecule has 2 rings (SSSR count). The fourth-order valence-electron chi connectivity index (χ4n) is 2.63. The van der Waals surface area contributed by atoms with E-state index in [2.05, 4.69) is 50.9 Å². The van der Waals surface area contributed by atoms with Crippen molar-refractivity contribution in [2.45, 2.75) is 33.6 Å². The summed E-state index contributed by atoms with van der Waals surface area (Å²) < 4.78 is 13.5. The molecular weight excluding hydrogens is 357 g/mol. The number of nitrogens with one attached hydrogen (secondary N) is 1. The normalized spacial score (nSPS) is 13.2. The maximum Gasteiger partial charge on any atom is 0.143 e. The zero-order valence-electron chi connectivity index (χ0n) is 16.2. The number of halogens is 2. The van der Waals surface area contributed by atoms with Gasteiger partial charge in [0.2, 0.25) is 0 Å². The first kappa shape index (κ1) is 21.0. The van der Waals surface area contributed by atoms with Gasteiger partial charge in [0.25, 0.3) is 0 Å². The van der Waals surface area contributed by atoms with Gasteiger partial charge < -0.3 is 5.32 Å². The Bertz CT molecular complexity index is 832. The van der Waals surface area contributed by atoms with Gasteiger partial charge >= 0.3 is 0 Å². The standard InChI is InChI=1S/C24H27ClFN/c1-5-24(4,15-6-7-18(2)3)16-14-19-8-10-20(11-9-19)27-21-12-13-22(25)23(26)17-21/h5,7-14,16-17,27H,1,6,15H2,2-4H3/b16-14+/t24-/m1/s1. The number of anilines is 2. The van der Waals surface area contributed by atoms with Gasteiger partial charge in [-0.2, -0.15) is 0 Å². The molecule has 2 aromatic rings. The number of allylic oxidation sites excluding steroid dienone is 4. The molecule has 0 amide bonds. The molecule has 0 bridgehead atoms. The molecule has 1 N–H and O–H groups in total. The number of hydrogen-bond acceptors (Lipinski definition) is 1. The van der Waals surface area contributed by atoms with E-state index >= 15 is 0 Å². The third-order valence-corrected chi connectivity index (χ3v) is 4.78. The van der Waals surface area contributed by atoms with Crippen molar-refractivity contribution in [2.75, 3.05) is 5.32 Å². The summed E-state index contributed by atoms with van der Waals surface area (Å²) in [6.45, 7) is 10.4. The van der Waals surface area contributed by atoms with E-state index in [-0.39, 0.29) is 10.4 Å². The Labute approximate surface area is 167 Å². The highest BCUT2D eigenvalue weighted by molar-refractivity contribution is 6.30. The predicted molar refractivity (Wildman–Crippen MR) is 117 cm³/mol. The summed E-state index contributed by atoms with van der Waals surface area (Å²) in [7, 11) is 0. The average Bonchev–Trinajstić information content (AvgIpc) is 2.64. The van der Waals surface area contributed by atoms with Crippen LogP contribution in [0.5, 0.6) is 0 Å². The maximum atomic E-state index is 13.5. The smallest absolute Gasteiger partial charge is 0.143 e. The predicted octanol–water partition coefficient (Wildman–Crippen LogP) is 8.17. The minimum atomic E-state index is -0.432. The summed E-state index contributed by atoms with van der Waals surface area (Å²) in [5.74, 6) is -0.432. The first-order valence-corrected chi connectivity index (χ1v) is 9.47. The van der Waals surface area contributed by atoms with Gasteiger partial charge in [-0.25, -0.2) is 4.39 Å². The van der Waals surface area contributed by atoms with Crippen molar-refractivity contribution in [3.8, 4) is 0 Å². The first-order chi connectivity index (χ1) is 12.8. The second kappa shape index (κ2) is 9.57. The van der Waals surface area contributed by atoms with Crippen LogP contribution in [0, 0.1) is 11.2 Å². The SMILES string of the molecule is C=C[C@@](C)(/C=C/c1ccc(Nc2ccc(Cl)c(F)c2)cc1)CCC=C(C)C. The van der Waals surface area contributed by atoms with Gasteiger partial charge in [0.05, 0.1) is 5.02 Å². The van der Waals surface area contributed by atoms with E-state index in [1.54, 1.807) is 12.1 Å². The van der Waals surface area contributed by atoms with Crippen LogP contribution in [0.1, 0.15) is 39.2 Å². The van der Waals surface area contributed by atoms with Crippen LogP contribution in [0.15, 0.2) is 72.8 Å². The van der Waals surface area contributed by atoms with Crippen LogP contribution in [0.25, 0.3) is 6.08 Å². The maximum absolute atomic E-state index is 13.5. The van der Waals surface area contributed by atoms with E-state index in [0.717, 1.165) is 24.1 Å². The molecule has 1 nitrogen and oxygen atoms in total. The minimum absolute atomic E-state index is 0.0380. The lowest BCUT2D eigenvalue weighted by Crippen LogP contribution is -2.08. The van der Waals surface area contributed by atoms with Gasteiger partial charge in [-0.05, 0) is 62.6 Å².